The number of hydrogen-bond acceptors (Lipinski definition) is 6. The van der Waals surface area contributed by atoms with Crippen molar-refractivity contribution in [3.8, 4) is 0 Å². The Kier molecular flexibility index (Phi) is 14.4. The van der Waals surface area contributed by atoms with E-state index in [0.29, 0.717) is 19.4 Å². The Morgan fingerprint density at radius 1 is 1.10 bits per heavy atom. The summed E-state index contributed by atoms with van der Waals surface area (Å²) in [5.74, 6) is -4.17. The van der Waals surface area contributed by atoms with Gasteiger partial charge in [-0.15, -0.1) is 0 Å². The molecule has 31 heavy (non-hydrogen) atoms. The molecule has 10 heteroatoms. The molecule has 0 bridgehead atoms. The number of hydrogen-bond donors (Lipinski definition) is 4. The molecule has 1 aliphatic rings. The first-order chi connectivity index (χ1) is 14.1. The number of amides is 3. The summed E-state index contributed by atoms with van der Waals surface area (Å²) in [6.07, 6.45) is 1.03. The van der Waals surface area contributed by atoms with Crippen molar-refractivity contribution < 1.29 is 34.2 Å². The SMILES string of the molecule is CC.CC(=O)NC(C(=O)N1CCCC1C(=O)NCC(=O)C(=O)O)C(C)C.CC(C)(C)O. The highest BCUT2D eigenvalue weighted by Gasteiger charge is 2.38. The highest BCUT2D eigenvalue weighted by molar-refractivity contribution is 6.33. The maximum atomic E-state index is 12.7. The molecule has 0 aromatic rings. The number of rotatable bonds is 7. The molecular formula is C21H39N3O7. The second-order valence-electron chi connectivity index (χ2n) is 8.23. The van der Waals surface area contributed by atoms with Gasteiger partial charge in [0.25, 0.3) is 5.78 Å². The minimum absolute atomic E-state index is 0.153. The van der Waals surface area contributed by atoms with Crippen LogP contribution in [0, 0.1) is 5.92 Å². The van der Waals surface area contributed by atoms with Gasteiger partial charge in [0.15, 0.2) is 0 Å². The number of nitrogens with one attached hydrogen (secondary N) is 2. The number of nitrogens with zero attached hydrogens (tertiary/aromatic N) is 1. The Labute approximate surface area is 184 Å². The molecule has 1 saturated heterocycles. The van der Waals surface area contributed by atoms with Crippen LogP contribution in [0.25, 0.3) is 0 Å². The van der Waals surface area contributed by atoms with Gasteiger partial charge in [0.1, 0.15) is 12.1 Å². The molecule has 1 rings (SSSR count). The third-order valence-corrected chi connectivity index (χ3v) is 3.79. The van der Waals surface area contributed by atoms with E-state index in [1.165, 1.54) is 11.8 Å². The monoisotopic (exact) mass is 445 g/mol. The molecule has 1 heterocycles. The zero-order valence-electron chi connectivity index (χ0n) is 19.9. The van der Waals surface area contributed by atoms with Crippen molar-refractivity contribution in [2.24, 2.45) is 5.92 Å². The molecule has 0 aromatic heterocycles. The quantitative estimate of drug-likeness (QED) is 0.421. The van der Waals surface area contributed by atoms with Crippen LogP contribution in [0.1, 0.15) is 68.2 Å². The molecule has 3 amide bonds. The predicted octanol–water partition coefficient (Wildman–Crippen LogP) is 0.711. The van der Waals surface area contributed by atoms with Gasteiger partial charge in [-0.3, -0.25) is 19.2 Å². The summed E-state index contributed by atoms with van der Waals surface area (Å²) in [6, 6.07) is -1.51. The first kappa shape index (κ1) is 30.7. The van der Waals surface area contributed by atoms with Crippen LogP contribution in [-0.2, 0) is 24.0 Å². The van der Waals surface area contributed by atoms with Crippen LogP contribution in [-0.4, -0.2) is 75.4 Å². The van der Waals surface area contributed by atoms with E-state index in [0.717, 1.165) is 0 Å². The largest absolute Gasteiger partial charge is 0.475 e. The van der Waals surface area contributed by atoms with Gasteiger partial charge in [-0.1, -0.05) is 27.7 Å². The van der Waals surface area contributed by atoms with E-state index in [9.17, 15) is 24.0 Å². The predicted molar refractivity (Wildman–Crippen MR) is 116 cm³/mol. The van der Waals surface area contributed by atoms with E-state index in [-0.39, 0.29) is 17.7 Å². The van der Waals surface area contributed by atoms with Gasteiger partial charge in [0.2, 0.25) is 17.7 Å². The van der Waals surface area contributed by atoms with Crippen LogP contribution in [0.2, 0.25) is 0 Å². The van der Waals surface area contributed by atoms with Crippen molar-refractivity contribution in [2.75, 3.05) is 13.1 Å². The molecular weight excluding hydrogens is 406 g/mol. The normalized spacial score (nSPS) is 16.2. The number of aliphatic carboxylic acids is 1. The number of carbonyl (C=O) groups excluding carboxylic acids is 4. The van der Waals surface area contributed by atoms with Crippen molar-refractivity contribution in [3.63, 3.8) is 0 Å². The van der Waals surface area contributed by atoms with E-state index >= 15 is 0 Å². The Morgan fingerprint density at radius 2 is 1.58 bits per heavy atom. The number of Topliss-reactive ketones (excluding diaryl/α,β-unsaturated/α-hetero) is 1. The molecule has 1 aliphatic heterocycles. The second-order valence-corrected chi connectivity index (χ2v) is 8.23. The number of aliphatic hydroxyl groups is 1. The highest BCUT2D eigenvalue weighted by atomic mass is 16.4. The van der Waals surface area contributed by atoms with Crippen LogP contribution in [0.4, 0.5) is 0 Å². The van der Waals surface area contributed by atoms with E-state index in [1.54, 1.807) is 34.6 Å². The van der Waals surface area contributed by atoms with Crippen molar-refractivity contribution in [1.82, 2.24) is 15.5 Å². The van der Waals surface area contributed by atoms with Crippen LogP contribution >= 0.6 is 0 Å². The van der Waals surface area contributed by atoms with Crippen LogP contribution < -0.4 is 10.6 Å². The molecule has 1 fully saturated rings. The Morgan fingerprint density at radius 3 is 1.97 bits per heavy atom. The molecule has 4 N–H and O–H groups in total. The van der Waals surface area contributed by atoms with E-state index in [4.69, 9.17) is 10.2 Å². The third-order valence-electron chi connectivity index (χ3n) is 3.79. The zero-order chi connectivity index (χ0) is 24.9. The standard InChI is InChI=1S/C15H23N3O6.C4H10O.C2H6/c1-8(2)12(17-9(3)19)14(22)18-6-4-5-10(18)13(21)16-7-11(20)15(23)24;1-4(2,3)5;1-2/h8,10,12H,4-7H2,1-3H3,(H,16,21)(H,17,19)(H,23,24);5H,1-3H3;1-2H3. The fraction of sp³-hybridized carbons (Fsp3) is 0.762. The lowest BCUT2D eigenvalue weighted by atomic mass is 10.0. The summed E-state index contributed by atoms with van der Waals surface area (Å²) in [6.45, 7) is 13.9. The topological polar surface area (TPSA) is 153 Å². The molecule has 2 atom stereocenters. The minimum atomic E-state index is -1.62. The third kappa shape index (κ3) is 13.4. The lowest BCUT2D eigenvalue weighted by Crippen LogP contribution is -2.55. The Hall–Kier alpha value is -2.49. The van der Waals surface area contributed by atoms with E-state index in [1.807, 2.05) is 13.8 Å². The highest BCUT2D eigenvalue weighted by Crippen LogP contribution is 2.20. The van der Waals surface area contributed by atoms with E-state index < -0.39 is 41.9 Å². The fourth-order valence-corrected chi connectivity index (χ4v) is 2.58. The van der Waals surface area contributed by atoms with Crippen LogP contribution in [0.15, 0.2) is 0 Å². The Balaban J connectivity index is 0. The summed E-state index contributed by atoms with van der Waals surface area (Å²) in [5.41, 5.74) is -0.500. The Bertz CT molecular complexity index is 621. The summed E-state index contributed by atoms with van der Waals surface area (Å²) in [5, 5.41) is 21.9. The zero-order valence-corrected chi connectivity index (χ0v) is 19.9. The molecule has 0 spiro atoms. The molecule has 2 unspecified atom stereocenters. The van der Waals surface area contributed by atoms with Gasteiger partial charge in [0.05, 0.1) is 12.1 Å². The lowest BCUT2D eigenvalue weighted by Gasteiger charge is -2.30. The average molecular weight is 446 g/mol. The van der Waals surface area contributed by atoms with Gasteiger partial charge in [-0.2, -0.15) is 0 Å². The number of carbonyl (C=O) groups is 5. The van der Waals surface area contributed by atoms with E-state index in [2.05, 4.69) is 10.6 Å². The van der Waals surface area contributed by atoms with Gasteiger partial charge in [0, 0.05) is 13.5 Å². The molecule has 0 aromatic carbocycles. The molecule has 10 nitrogen and oxygen atoms in total. The van der Waals surface area contributed by atoms with Crippen LogP contribution in [0.5, 0.6) is 0 Å². The maximum absolute atomic E-state index is 12.7. The summed E-state index contributed by atoms with van der Waals surface area (Å²) < 4.78 is 0. The number of likely N-dealkylation sites (tertiary alicyclic amines) is 1. The van der Waals surface area contributed by atoms with Gasteiger partial charge < -0.3 is 25.7 Å². The molecule has 0 aliphatic carbocycles. The van der Waals surface area contributed by atoms with Crippen LogP contribution in [0.3, 0.4) is 0 Å². The van der Waals surface area contributed by atoms with Crippen molar-refractivity contribution in [3.05, 3.63) is 0 Å². The molecule has 0 saturated carbocycles. The molecule has 180 valence electrons. The maximum Gasteiger partial charge on any atom is 0.374 e. The second kappa shape index (κ2) is 14.5. The van der Waals surface area contributed by atoms with Crippen molar-refractivity contribution >= 4 is 29.5 Å². The number of ketones is 1. The lowest BCUT2D eigenvalue weighted by molar-refractivity contribution is -0.149. The van der Waals surface area contributed by atoms with Gasteiger partial charge in [-0.05, 0) is 39.5 Å². The molecule has 0 radical (unpaired) electrons. The summed E-state index contributed by atoms with van der Waals surface area (Å²) in [4.78, 5) is 59.0. The first-order valence-corrected chi connectivity index (χ1v) is 10.5. The van der Waals surface area contributed by atoms with Crippen molar-refractivity contribution in [1.29, 1.82) is 0 Å². The number of carboxylic acid groups (broad SMARTS) is 1. The van der Waals surface area contributed by atoms with Gasteiger partial charge in [-0.25, -0.2) is 4.79 Å². The summed E-state index contributed by atoms with van der Waals surface area (Å²) >= 11 is 0. The fourth-order valence-electron chi connectivity index (χ4n) is 2.58. The number of carboxylic acids is 1. The summed E-state index contributed by atoms with van der Waals surface area (Å²) in [7, 11) is 0. The first-order valence-electron chi connectivity index (χ1n) is 10.5. The van der Waals surface area contributed by atoms with Gasteiger partial charge >= 0.3 is 5.97 Å². The average Bonchev–Trinajstić information content (AvgIpc) is 3.13. The van der Waals surface area contributed by atoms with Crippen molar-refractivity contribution in [2.45, 2.75) is 85.9 Å². The smallest absolute Gasteiger partial charge is 0.374 e. The minimum Gasteiger partial charge on any atom is -0.475 e.